The number of amides is 1. The van der Waals surface area contributed by atoms with Crippen molar-refractivity contribution in [3.8, 4) is 0 Å². The highest BCUT2D eigenvalue weighted by atomic mass is 79.9. The van der Waals surface area contributed by atoms with Crippen LogP contribution in [0.5, 0.6) is 0 Å². The van der Waals surface area contributed by atoms with Gasteiger partial charge in [-0.05, 0) is 28.1 Å². The number of carbonyl (C=O) groups excluding carboxylic acids is 1. The van der Waals surface area contributed by atoms with Gasteiger partial charge in [-0.1, -0.05) is 0 Å². The fourth-order valence-electron chi connectivity index (χ4n) is 0.908. The SMILES string of the molecule is NS(=O)(=O)CCNC(=O)c1ccc(Br)cn1. The number of halogens is 1. The van der Waals surface area contributed by atoms with Crippen LogP contribution in [-0.4, -0.2) is 31.6 Å². The van der Waals surface area contributed by atoms with Crippen LogP contribution in [0, 0.1) is 0 Å². The number of pyridine rings is 1. The molecule has 0 fully saturated rings. The van der Waals surface area contributed by atoms with Gasteiger partial charge in [-0.15, -0.1) is 0 Å². The van der Waals surface area contributed by atoms with Crippen LogP contribution >= 0.6 is 15.9 Å². The highest BCUT2D eigenvalue weighted by Gasteiger charge is 2.08. The van der Waals surface area contributed by atoms with E-state index in [0.29, 0.717) is 0 Å². The number of nitrogens with zero attached hydrogens (tertiary/aromatic N) is 1. The molecule has 0 aromatic carbocycles. The summed E-state index contributed by atoms with van der Waals surface area (Å²) in [7, 11) is -3.55. The topological polar surface area (TPSA) is 102 Å². The second-order valence-corrected chi connectivity index (χ2v) is 5.63. The molecule has 0 spiro atoms. The first-order valence-corrected chi connectivity index (χ1v) is 6.79. The molecule has 3 N–H and O–H groups in total. The van der Waals surface area contributed by atoms with Crippen LogP contribution in [0.1, 0.15) is 10.5 Å². The van der Waals surface area contributed by atoms with Crippen molar-refractivity contribution in [2.45, 2.75) is 0 Å². The van der Waals surface area contributed by atoms with Gasteiger partial charge >= 0.3 is 0 Å². The maximum Gasteiger partial charge on any atom is 0.269 e. The summed E-state index contributed by atoms with van der Waals surface area (Å²) in [6, 6.07) is 3.19. The summed E-state index contributed by atoms with van der Waals surface area (Å²) in [5.41, 5.74) is 0.220. The Labute approximate surface area is 101 Å². The van der Waals surface area contributed by atoms with Gasteiger partial charge in [0.25, 0.3) is 5.91 Å². The Morgan fingerprint density at radius 1 is 1.50 bits per heavy atom. The number of hydrogen-bond acceptors (Lipinski definition) is 4. The van der Waals surface area contributed by atoms with E-state index in [9.17, 15) is 13.2 Å². The maximum atomic E-state index is 11.4. The molecule has 1 heterocycles. The Bertz CT molecular complexity index is 472. The van der Waals surface area contributed by atoms with Gasteiger partial charge in [0.1, 0.15) is 5.69 Å². The lowest BCUT2D eigenvalue weighted by Crippen LogP contribution is -2.31. The molecular weight excluding hydrogens is 298 g/mol. The van der Waals surface area contributed by atoms with E-state index in [1.165, 1.54) is 12.3 Å². The number of hydrogen-bond donors (Lipinski definition) is 2. The summed E-state index contributed by atoms with van der Waals surface area (Å²) >= 11 is 3.18. The van der Waals surface area contributed by atoms with Gasteiger partial charge < -0.3 is 5.32 Å². The molecule has 0 atom stereocenters. The zero-order chi connectivity index (χ0) is 12.2. The highest BCUT2D eigenvalue weighted by molar-refractivity contribution is 9.10. The van der Waals surface area contributed by atoms with E-state index in [4.69, 9.17) is 5.14 Å². The lowest BCUT2D eigenvalue weighted by Gasteiger charge is -2.03. The van der Waals surface area contributed by atoms with E-state index in [-0.39, 0.29) is 18.0 Å². The van der Waals surface area contributed by atoms with Crippen LogP contribution in [-0.2, 0) is 10.0 Å². The summed E-state index contributed by atoms with van der Waals surface area (Å²) in [5.74, 6) is -0.730. The van der Waals surface area contributed by atoms with E-state index >= 15 is 0 Å². The Morgan fingerprint density at radius 3 is 2.69 bits per heavy atom. The van der Waals surface area contributed by atoms with Crippen molar-refractivity contribution in [2.24, 2.45) is 5.14 Å². The summed E-state index contributed by atoms with van der Waals surface area (Å²) in [6.45, 7) is -0.0323. The average Bonchev–Trinajstić information content (AvgIpc) is 2.16. The standard InChI is InChI=1S/C8H10BrN3O3S/c9-6-1-2-7(12-5-6)8(13)11-3-4-16(10,14)15/h1-2,5H,3-4H2,(H,11,13)(H2,10,14,15). The molecule has 88 valence electrons. The minimum atomic E-state index is -3.55. The van der Waals surface area contributed by atoms with E-state index in [2.05, 4.69) is 26.2 Å². The minimum absolute atomic E-state index is 0.0323. The number of aromatic nitrogens is 1. The molecular formula is C8H10BrN3O3S. The van der Waals surface area contributed by atoms with E-state index in [1.54, 1.807) is 6.07 Å². The van der Waals surface area contributed by atoms with Gasteiger partial charge in [0.2, 0.25) is 10.0 Å². The molecule has 0 aliphatic carbocycles. The molecule has 6 nitrogen and oxygen atoms in total. The predicted octanol–water partition coefficient (Wildman–Crippen LogP) is -0.138. The Balaban J connectivity index is 2.50. The first-order chi connectivity index (χ1) is 7.38. The van der Waals surface area contributed by atoms with Crippen molar-refractivity contribution in [3.63, 3.8) is 0 Å². The van der Waals surface area contributed by atoms with Crippen molar-refractivity contribution >= 4 is 31.9 Å². The molecule has 0 radical (unpaired) electrons. The fourth-order valence-corrected chi connectivity index (χ4v) is 1.53. The number of rotatable bonds is 4. The first-order valence-electron chi connectivity index (χ1n) is 4.29. The van der Waals surface area contributed by atoms with Gasteiger partial charge in [-0.25, -0.2) is 18.5 Å². The van der Waals surface area contributed by atoms with E-state index < -0.39 is 15.9 Å². The molecule has 0 saturated carbocycles. The lowest BCUT2D eigenvalue weighted by atomic mass is 10.3. The zero-order valence-corrected chi connectivity index (χ0v) is 10.6. The third-order valence-corrected chi connectivity index (χ3v) is 2.87. The van der Waals surface area contributed by atoms with Crippen LogP contribution in [0.2, 0.25) is 0 Å². The second kappa shape index (κ2) is 5.37. The molecule has 0 aliphatic heterocycles. The number of primary sulfonamides is 1. The van der Waals surface area contributed by atoms with Crippen LogP contribution < -0.4 is 10.5 Å². The minimum Gasteiger partial charge on any atom is -0.350 e. The Hall–Kier alpha value is -0.990. The zero-order valence-electron chi connectivity index (χ0n) is 8.18. The summed E-state index contributed by atoms with van der Waals surface area (Å²) in [4.78, 5) is 15.3. The monoisotopic (exact) mass is 307 g/mol. The summed E-state index contributed by atoms with van der Waals surface area (Å²) in [6.07, 6.45) is 1.48. The number of sulfonamides is 1. The largest absolute Gasteiger partial charge is 0.350 e. The number of carbonyl (C=O) groups is 1. The molecule has 8 heteroatoms. The Kier molecular flexibility index (Phi) is 4.39. The van der Waals surface area contributed by atoms with Crippen molar-refractivity contribution in [2.75, 3.05) is 12.3 Å². The molecule has 1 rings (SSSR count). The normalized spacial score (nSPS) is 11.1. The van der Waals surface area contributed by atoms with Crippen molar-refractivity contribution in [1.82, 2.24) is 10.3 Å². The molecule has 1 aromatic heterocycles. The summed E-state index contributed by atoms with van der Waals surface area (Å²) in [5, 5.41) is 7.18. The predicted molar refractivity (Wildman–Crippen MR) is 62.2 cm³/mol. The smallest absolute Gasteiger partial charge is 0.269 e. The van der Waals surface area contributed by atoms with Crippen LogP contribution in [0.25, 0.3) is 0 Å². The first kappa shape index (κ1) is 13.1. The molecule has 0 bridgehead atoms. The van der Waals surface area contributed by atoms with Gasteiger partial charge in [0, 0.05) is 17.2 Å². The lowest BCUT2D eigenvalue weighted by molar-refractivity contribution is 0.0951. The number of nitrogens with one attached hydrogen (secondary N) is 1. The fraction of sp³-hybridized carbons (Fsp3) is 0.250. The molecule has 1 aromatic rings. The molecule has 16 heavy (non-hydrogen) atoms. The average molecular weight is 308 g/mol. The Morgan fingerprint density at radius 2 is 2.19 bits per heavy atom. The molecule has 0 saturated heterocycles. The van der Waals surface area contributed by atoms with Crippen molar-refractivity contribution in [1.29, 1.82) is 0 Å². The van der Waals surface area contributed by atoms with Crippen molar-refractivity contribution in [3.05, 3.63) is 28.5 Å². The maximum absolute atomic E-state index is 11.4. The van der Waals surface area contributed by atoms with E-state index in [0.717, 1.165) is 4.47 Å². The van der Waals surface area contributed by atoms with Gasteiger partial charge in [-0.3, -0.25) is 4.79 Å². The quantitative estimate of drug-likeness (QED) is 0.808. The van der Waals surface area contributed by atoms with Crippen LogP contribution in [0.15, 0.2) is 22.8 Å². The highest BCUT2D eigenvalue weighted by Crippen LogP contribution is 2.06. The number of nitrogens with two attached hydrogens (primary N) is 1. The molecule has 0 aliphatic rings. The van der Waals surface area contributed by atoms with Gasteiger partial charge in [-0.2, -0.15) is 0 Å². The van der Waals surface area contributed by atoms with Gasteiger partial charge in [0.15, 0.2) is 0 Å². The van der Waals surface area contributed by atoms with Gasteiger partial charge in [0.05, 0.1) is 5.75 Å². The third-order valence-electron chi connectivity index (χ3n) is 1.63. The van der Waals surface area contributed by atoms with Crippen LogP contribution in [0.3, 0.4) is 0 Å². The molecule has 0 unspecified atom stereocenters. The van der Waals surface area contributed by atoms with Crippen LogP contribution in [0.4, 0.5) is 0 Å². The third kappa shape index (κ3) is 4.69. The van der Waals surface area contributed by atoms with E-state index in [1.807, 2.05) is 0 Å². The summed E-state index contributed by atoms with van der Waals surface area (Å²) < 4.78 is 22.0. The molecule has 1 amide bonds. The second-order valence-electron chi connectivity index (χ2n) is 2.98. The van der Waals surface area contributed by atoms with Crippen molar-refractivity contribution < 1.29 is 13.2 Å².